The Balaban J connectivity index is 2.04. The minimum atomic E-state index is 0.442. The van der Waals surface area contributed by atoms with Crippen LogP contribution in [0.4, 0.5) is 0 Å². The van der Waals surface area contributed by atoms with E-state index in [1.54, 1.807) is 0 Å². The van der Waals surface area contributed by atoms with Gasteiger partial charge >= 0.3 is 0 Å². The molecule has 0 heterocycles. The number of ether oxygens (including phenoxy) is 3. The zero-order chi connectivity index (χ0) is 25.2. The molecule has 0 radical (unpaired) electrons. The number of hydrogen-bond acceptors (Lipinski definition) is 6. The highest BCUT2D eigenvalue weighted by Gasteiger charge is 2.17. The van der Waals surface area contributed by atoms with E-state index in [2.05, 4.69) is 57.2 Å². The molecule has 6 heteroatoms. The average molecular weight is 478 g/mol. The van der Waals surface area contributed by atoms with E-state index in [-0.39, 0.29) is 0 Å². The van der Waals surface area contributed by atoms with Gasteiger partial charge in [0.1, 0.15) is 37.1 Å². The van der Waals surface area contributed by atoms with Crippen LogP contribution < -0.4 is 31.4 Å². The van der Waals surface area contributed by atoms with Crippen LogP contribution in [0.2, 0.25) is 0 Å². The first-order chi connectivity index (χ1) is 16.9. The van der Waals surface area contributed by atoms with Crippen molar-refractivity contribution in [2.75, 3.05) is 39.5 Å². The van der Waals surface area contributed by atoms with Crippen molar-refractivity contribution in [1.29, 1.82) is 0 Å². The van der Waals surface area contributed by atoms with Gasteiger partial charge in [-0.1, -0.05) is 53.1 Å². The lowest BCUT2D eigenvalue weighted by molar-refractivity contribution is 0.318. The van der Waals surface area contributed by atoms with Crippen LogP contribution in [0.5, 0.6) is 17.2 Å². The van der Waals surface area contributed by atoms with Crippen molar-refractivity contribution in [3.63, 3.8) is 0 Å². The van der Waals surface area contributed by atoms with Crippen LogP contribution >= 0.6 is 0 Å². The van der Waals surface area contributed by atoms with Crippen LogP contribution in [0, 0.1) is 20.8 Å². The first kappa shape index (κ1) is 26.5. The van der Waals surface area contributed by atoms with Crippen LogP contribution in [-0.4, -0.2) is 39.5 Å². The molecule has 0 saturated carbocycles. The molecule has 0 fully saturated rings. The molecule has 6 N–H and O–H groups in total. The van der Waals surface area contributed by atoms with Crippen LogP contribution in [0.15, 0.2) is 48.5 Å². The van der Waals surface area contributed by atoms with Crippen LogP contribution in [0.3, 0.4) is 0 Å². The number of rotatable bonds is 13. The maximum atomic E-state index is 6.27. The molecule has 0 saturated heterocycles. The Kier molecular flexibility index (Phi) is 9.97. The lowest BCUT2D eigenvalue weighted by Crippen LogP contribution is -2.14. The van der Waals surface area contributed by atoms with Gasteiger partial charge in [-0.25, -0.2) is 0 Å². The van der Waals surface area contributed by atoms with E-state index >= 15 is 0 Å². The van der Waals surface area contributed by atoms with Gasteiger partial charge in [0.05, 0.1) is 0 Å². The number of nitrogens with two attached hydrogens (primary N) is 3. The monoisotopic (exact) mass is 477 g/mol. The molecule has 188 valence electrons. The fraction of sp³-hybridized carbons (Fsp3) is 0.379. The zero-order valence-corrected chi connectivity index (χ0v) is 21.2. The summed E-state index contributed by atoms with van der Waals surface area (Å²) in [4.78, 5) is 0. The Morgan fingerprint density at radius 2 is 0.914 bits per heavy atom. The van der Waals surface area contributed by atoms with Crippen molar-refractivity contribution < 1.29 is 14.2 Å². The summed E-state index contributed by atoms with van der Waals surface area (Å²) in [7, 11) is 0. The second kappa shape index (κ2) is 13.1. The minimum Gasteiger partial charge on any atom is -0.492 e. The van der Waals surface area contributed by atoms with Crippen molar-refractivity contribution in [1.82, 2.24) is 0 Å². The molecular formula is C29H39N3O3. The molecule has 0 amide bonds. The van der Waals surface area contributed by atoms with Gasteiger partial charge in [0.2, 0.25) is 0 Å². The Bertz CT molecular complexity index is 1030. The van der Waals surface area contributed by atoms with E-state index in [1.165, 1.54) is 16.7 Å². The van der Waals surface area contributed by atoms with Gasteiger partial charge in [0.15, 0.2) is 0 Å². The predicted molar refractivity (Wildman–Crippen MR) is 143 cm³/mol. The summed E-state index contributed by atoms with van der Waals surface area (Å²) >= 11 is 0. The highest BCUT2D eigenvalue weighted by Crippen LogP contribution is 2.34. The largest absolute Gasteiger partial charge is 0.492 e. The molecule has 6 nitrogen and oxygen atoms in total. The molecule has 3 aromatic carbocycles. The first-order valence-corrected chi connectivity index (χ1v) is 12.2. The van der Waals surface area contributed by atoms with Gasteiger partial charge in [-0.05, 0) is 55.2 Å². The first-order valence-electron chi connectivity index (χ1n) is 12.2. The quantitative estimate of drug-likeness (QED) is 0.346. The van der Waals surface area contributed by atoms with E-state index in [0.717, 1.165) is 39.5 Å². The highest BCUT2D eigenvalue weighted by molar-refractivity contribution is 5.52. The lowest BCUT2D eigenvalue weighted by Gasteiger charge is -2.20. The molecule has 0 unspecified atom stereocenters. The Labute approximate surface area is 209 Å². The van der Waals surface area contributed by atoms with Crippen molar-refractivity contribution in [3.8, 4) is 17.2 Å². The van der Waals surface area contributed by atoms with Gasteiger partial charge in [-0.3, -0.25) is 0 Å². The SMILES string of the molecule is Cc1ccc(OCCN)c(Cc2cc(C)cc(Cc3cc(C)ccc3OCCN)c2OCCN)c1. The molecule has 3 aromatic rings. The fourth-order valence-corrected chi connectivity index (χ4v) is 4.26. The lowest BCUT2D eigenvalue weighted by atomic mass is 9.93. The molecule has 35 heavy (non-hydrogen) atoms. The summed E-state index contributed by atoms with van der Waals surface area (Å²) in [6, 6.07) is 16.9. The Morgan fingerprint density at radius 3 is 1.34 bits per heavy atom. The van der Waals surface area contributed by atoms with Crippen molar-refractivity contribution in [2.45, 2.75) is 33.6 Å². The molecule has 0 spiro atoms. The third-order valence-corrected chi connectivity index (χ3v) is 5.70. The summed E-state index contributed by atoms with van der Waals surface area (Å²) in [5.74, 6) is 2.58. The van der Waals surface area contributed by atoms with Crippen molar-refractivity contribution >= 4 is 0 Å². The third-order valence-electron chi connectivity index (χ3n) is 5.70. The van der Waals surface area contributed by atoms with Gasteiger partial charge in [0, 0.05) is 32.5 Å². The number of aryl methyl sites for hydroxylation is 3. The van der Waals surface area contributed by atoms with Gasteiger partial charge in [-0.2, -0.15) is 0 Å². The van der Waals surface area contributed by atoms with Crippen molar-refractivity contribution in [2.24, 2.45) is 17.2 Å². The van der Waals surface area contributed by atoms with E-state index in [1.807, 2.05) is 12.1 Å². The molecular weight excluding hydrogens is 438 g/mol. The second-order valence-electron chi connectivity index (χ2n) is 8.90. The summed E-state index contributed by atoms with van der Waals surface area (Å²) in [6.45, 7) is 9.07. The molecule has 0 aromatic heterocycles. The van der Waals surface area contributed by atoms with E-state index in [9.17, 15) is 0 Å². The molecule has 3 rings (SSSR count). The maximum absolute atomic E-state index is 6.27. The van der Waals surface area contributed by atoms with E-state index in [4.69, 9.17) is 31.4 Å². The number of benzene rings is 3. The smallest absolute Gasteiger partial charge is 0.126 e. The fourth-order valence-electron chi connectivity index (χ4n) is 4.26. The second-order valence-corrected chi connectivity index (χ2v) is 8.90. The minimum absolute atomic E-state index is 0.442. The molecule has 0 aliphatic rings. The predicted octanol–water partition coefficient (Wildman–Crippen LogP) is 3.81. The Hall–Kier alpha value is -3.06. The zero-order valence-electron chi connectivity index (χ0n) is 21.2. The van der Waals surface area contributed by atoms with Gasteiger partial charge < -0.3 is 31.4 Å². The van der Waals surface area contributed by atoms with Crippen LogP contribution in [0.25, 0.3) is 0 Å². The van der Waals surface area contributed by atoms with Crippen molar-refractivity contribution in [3.05, 3.63) is 87.5 Å². The summed E-state index contributed by atoms with van der Waals surface area (Å²) in [5, 5.41) is 0. The summed E-state index contributed by atoms with van der Waals surface area (Å²) < 4.78 is 18.2. The third kappa shape index (κ3) is 7.46. The van der Waals surface area contributed by atoms with Gasteiger partial charge in [-0.15, -0.1) is 0 Å². The molecule has 0 aliphatic carbocycles. The standard InChI is InChI=1S/C29H39N3O3/c1-20-4-6-27(33-11-8-30)23(14-20)18-25-16-22(3)17-26(29(25)35-13-10-32)19-24-15-21(2)5-7-28(24)34-12-9-31/h4-7,14-17H,8-13,18-19,30-32H2,1-3H3. The van der Waals surface area contributed by atoms with Crippen LogP contribution in [-0.2, 0) is 12.8 Å². The van der Waals surface area contributed by atoms with Gasteiger partial charge in [0.25, 0.3) is 0 Å². The Morgan fingerprint density at radius 1 is 0.514 bits per heavy atom. The average Bonchev–Trinajstić information content (AvgIpc) is 2.82. The summed E-state index contributed by atoms with van der Waals surface area (Å²) in [5.41, 5.74) is 25.1. The normalized spacial score (nSPS) is 10.9. The summed E-state index contributed by atoms with van der Waals surface area (Å²) in [6.07, 6.45) is 1.36. The van der Waals surface area contributed by atoms with Crippen LogP contribution in [0.1, 0.15) is 38.9 Å². The topological polar surface area (TPSA) is 106 Å². The molecule has 0 aliphatic heterocycles. The molecule has 0 bridgehead atoms. The molecule has 0 atom stereocenters. The highest BCUT2D eigenvalue weighted by atomic mass is 16.5. The maximum Gasteiger partial charge on any atom is 0.126 e. The number of hydrogen-bond donors (Lipinski definition) is 3. The van der Waals surface area contributed by atoms with E-state index in [0.29, 0.717) is 52.3 Å². The van der Waals surface area contributed by atoms with E-state index < -0.39 is 0 Å².